The van der Waals surface area contributed by atoms with E-state index in [-0.39, 0.29) is 0 Å². The SMILES string of the molecule is CC1=CC(C)C(C2=C(C)C(C)[C]([Zr])=C2C)=C1C. The van der Waals surface area contributed by atoms with Crippen LogP contribution in [-0.2, 0) is 24.7 Å². The fourth-order valence-electron chi connectivity index (χ4n) is 3.16. The van der Waals surface area contributed by atoms with Crippen LogP contribution in [0.3, 0.4) is 0 Å². The first-order valence-corrected chi connectivity index (χ1v) is 7.62. The molecule has 0 bridgehead atoms. The van der Waals surface area contributed by atoms with Gasteiger partial charge in [-0.2, -0.15) is 0 Å². The van der Waals surface area contributed by atoms with E-state index in [1.54, 1.807) is 50.3 Å². The quantitative estimate of drug-likeness (QED) is 0.659. The van der Waals surface area contributed by atoms with Crippen molar-refractivity contribution in [3.8, 4) is 0 Å². The van der Waals surface area contributed by atoms with Crippen molar-refractivity contribution in [2.45, 2.75) is 41.5 Å². The molecular weight excluding hydrogens is 283 g/mol. The van der Waals surface area contributed by atoms with Crippen molar-refractivity contribution in [3.05, 3.63) is 42.8 Å². The van der Waals surface area contributed by atoms with Crippen LogP contribution in [0, 0.1) is 11.8 Å². The molecule has 17 heavy (non-hydrogen) atoms. The molecule has 0 spiro atoms. The van der Waals surface area contributed by atoms with E-state index in [4.69, 9.17) is 0 Å². The second-order valence-electron chi connectivity index (χ2n) is 5.50. The normalized spacial score (nSPS) is 29.6. The van der Waals surface area contributed by atoms with Gasteiger partial charge < -0.3 is 0 Å². The molecule has 0 saturated carbocycles. The zero-order valence-electron chi connectivity index (χ0n) is 11.7. The van der Waals surface area contributed by atoms with Crippen LogP contribution in [-0.4, -0.2) is 0 Å². The van der Waals surface area contributed by atoms with Crippen LogP contribution in [0.5, 0.6) is 0 Å². The Kier molecular flexibility index (Phi) is 3.52. The summed E-state index contributed by atoms with van der Waals surface area (Å²) in [5, 5.41) is 0. The molecule has 2 unspecified atom stereocenters. The summed E-state index contributed by atoms with van der Waals surface area (Å²) >= 11 is 1.58. The van der Waals surface area contributed by atoms with E-state index >= 15 is 0 Å². The standard InChI is InChI=1S/C16H21.Zr/c1-9-7-11(3)15(13(9)5)16-12(4)8-10(2)14(16)6;/h7,10-11H,1-6H3;. The summed E-state index contributed by atoms with van der Waals surface area (Å²) in [6.07, 6.45) is 2.41. The van der Waals surface area contributed by atoms with E-state index in [1.165, 1.54) is 11.1 Å². The van der Waals surface area contributed by atoms with Crippen molar-refractivity contribution in [3.63, 3.8) is 0 Å². The number of hydrogen-bond acceptors (Lipinski definition) is 0. The topological polar surface area (TPSA) is 0 Å². The Balaban J connectivity index is 2.58. The third kappa shape index (κ3) is 1.91. The number of hydrogen-bond donors (Lipinski definition) is 0. The van der Waals surface area contributed by atoms with Crippen LogP contribution in [0.1, 0.15) is 41.5 Å². The Hall–Kier alpha value is -0.157. The van der Waals surface area contributed by atoms with Crippen molar-refractivity contribution in [1.82, 2.24) is 0 Å². The van der Waals surface area contributed by atoms with Crippen LogP contribution in [0.2, 0.25) is 0 Å². The number of allylic oxidation sites excluding steroid dienone is 8. The van der Waals surface area contributed by atoms with Gasteiger partial charge >= 0.3 is 121 Å². The summed E-state index contributed by atoms with van der Waals surface area (Å²) in [7, 11) is 0. The Morgan fingerprint density at radius 3 is 1.94 bits per heavy atom. The van der Waals surface area contributed by atoms with E-state index < -0.39 is 0 Å². The van der Waals surface area contributed by atoms with Gasteiger partial charge in [0.2, 0.25) is 0 Å². The third-order valence-corrected chi connectivity index (χ3v) is 6.46. The Bertz CT molecular complexity index is 498. The van der Waals surface area contributed by atoms with Gasteiger partial charge in [0.1, 0.15) is 0 Å². The molecular formula is C16H21Zr. The van der Waals surface area contributed by atoms with Gasteiger partial charge in [-0.25, -0.2) is 0 Å². The third-order valence-electron chi connectivity index (χ3n) is 4.48. The molecule has 0 amide bonds. The average Bonchev–Trinajstić information content (AvgIpc) is 2.61. The Morgan fingerprint density at radius 2 is 1.59 bits per heavy atom. The molecule has 0 radical (unpaired) electrons. The summed E-state index contributed by atoms with van der Waals surface area (Å²) in [5.41, 5.74) is 9.26. The predicted octanol–water partition coefficient (Wildman–Crippen LogP) is 4.69. The van der Waals surface area contributed by atoms with Gasteiger partial charge in [0.05, 0.1) is 0 Å². The summed E-state index contributed by atoms with van der Waals surface area (Å²) in [4.78, 5) is 0. The number of rotatable bonds is 1. The first-order valence-electron chi connectivity index (χ1n) is 6.39. The Labute approximate surface area is 120 Å². The zero-order chi connectivity index (χ0) is 12.9. The molecule has 0 fully saturated rings. The van der Waals surface area contributed by atoms with Crippen LogP contribution >= 0.6 is 0 Å². The van der Waals surface area contributed by atoms with E-state index in [1.807, 2.05) is 0 Å². The second kappa shape index (κ2) is 4.50. The second-order valence-corrected chi connectivity index (χ2v) is 6.82. The Morgan fingerprint density at radius 1 is 1.00 bits per heavy atom. The van der Waals surface area contributed by atoms with E-state index in [2.05, 4.69) is 47.6 Å². The average molecular weight is 305 g/mol. The molecule has 0 aromatic carbocycles. The van der Waals surface area contributed by atoms with Crippen molar-refractivity contribution in [1.29, 1.82) is 0 Å². The van der Waals surface area contributed by atoms with Gasteiger partial charge in [0.15, 0.2) is 0 Å². The summed E-state index contributed by atoms with van der Waals surface area (Å²) < 4.78 is 1.64. The van der Waals surface area contributed by atoms with Gasteiger partial charge in [-0.1, -0.05) is 0 Å². The van der Waals surface area contributed by atoms with Crippen molar-refractivity contribution in [2.75, 3.05) is 0 Å². The molecule has 0 N–H and O–H groups in total. The molecule has 0 nitrogen and oxygen atoms in total. The van der Waals surface area contributed by atoms with Crippen molar-refractivity contribution >= 4 is 0 Å². The van der Waals surface area contributed by atoms with Gasteiger partial charge in [-0.05, 0) is 0 Å². The predicted molar refractivity (Wildman–Crippen MR) is 70.2 cm³/mol. The zero-order valence-corrected chi connectivity index (χ0v) is 14.2. The summed E-state index contributed by atoms with van der Waals surface area (Å²) in [6, 6.07) is 0. The molecule has 0 saturated heterocycles. The first-order chi connectivity index (χ1) is 7.86. The van der Waals surface area contributed by atoms with Crippen LogP contribution in [0.25, 0.3) is 0 Å². The van der Waals surface area contributed by atoms with Gasteiger partial charge in [0, 0.05) is 0 Å². The van der Waals surface area contributed by atoms with Crippen molar-refractivity contribution in [2.24, 2.45) is 11.8 Å². The summed E-state index contributed by atoms with van der Waals surface area (Å²) in [5.74, 6) is 1.25. The van der Waals surface area contributed by atoms with Gasteiger partial charge in [-0.15, -0.1) is 0 Å². The molecule has 0 aromatic heterocycles. The minimum atomic E-state index is 0.587. The molecule has 1 heteroatoms. The molecule has 2 aliphatic rings. The van der Waals surface area contributed by atoms with Gasteiger partial charge in [-0.3, -0.25) is 0 Å². The fourth-order valence-corrected chi connectivity index (χ4v) is 3.99. The van der Waals surface area contributed by atoms with Crippen LogP contribution in [0.4, 0.5) is 0 Å². The first kappa shape index (κ1) is 13.3. The minimum absolute atomic E-state index is 0.587. The molecule has 2 rings (SSSR count). The van der Waals surface area contributed by atoms with E-state index in [9.17, 15) is 0 Å². The van der Waals surface area contributed by atoms with E-state index in [0.29, 0.717) is 11.8 Å². The van der Waals surface area contributed by atoms with Crippen molar-refractivity contribution < 1.29 is 24.7 Å². The fraction of sp³-hybridized carbons (Fsp3) is 0.500. The maximum atomic E-state index is 2.41. The molecule has 0 heterocycles. The maximum absolute atomic E-state index is 2.41. The molecule has 0 aliphatic heterocycles. The van der Waals surface area contributed by atoms with Crippen LogP contribution in [0.15, 0.2) is 42.8 Å². The molecule has 89 valence electrons. The molecule has 2 atom stereocenters. The van der Waals surface area contributed by atoms with Gasteiger partial charge in [0.25, 0.3) is 0 Å². The molecule has 0 aromatic rings. The monoisotopic (exact) mass is 303 g/mol. The van der Waals surface area contributed by atoms with Crippen LogP contribution < -0.4 is 0 Å². The van der Waals surface area contributed by atoms with E-state index in [0.717, 1.165) is 0 Å². The molecule has 2 aliphatic carbocycles. The summed E-state index contributed by atoms with van der Waals surface area (Å²) in [6.45, 7) is 13.8.